The zero-order valence-electron chi connectivity index (χ0n) is 15.5. The lowest BCUT2D eigenvalue weighted by molar-refractivity contribution is 0.0366. The number of morpholine rings is 1. The van der Waals surface area contributed by atoms with Crippen molar-refractivity contribution in [2.45, 2.75) is 20.4 Å². The van der Waals surface area contributed by atoms with Crippen molar-refractivity contribution in [2.24, 2.45) is 0 Å². The summed E-state index contributed by atoms with van der Waals surface area (Å²) in [6.07, 6.45) is 0. The second-order valence-corrected chi connectivity index (χ2v) is 7.09. The maximum Gasteiger partial charge on any atom is 0.141 e. The van der Waals surface area contributed by atoms with Crippen LogP contribution in [0, 0.1) is 13.8 Å². The standard InChI is InChI=1S/C21H26N4O/c1-15-13-19-20(14-16(15)2)25(8-7-24-9-11-26-12-10-24)21(23-19)17-3-5-18(22)6-4-17/h3-6,13-14H,7-12,22H2,1-2H3. The number of nitrogens with zero attached hydrogens (tertiary/aromatic N) is 3. The Balaban J connectivity index is 1.74. The Labute approximate surface area is 154 Å². The first kappa shape index (κ1) is 17.1. The van der Waals surface area contributed by atoms with E-state index in [1.54, 1.807) is 0 Å². The normalized spacial score (nSPS) is 15.6. The molecule has 5 heteroatoms. The van der Waals surface area contributed by atoms with Crippen LogP contribution in [0.2, 0.25) is 0 Å². The molecule has 0 bridgehead atoms. The number of hydrogen-bond acceptors (Lipinski definition) is 4. The van der Waals surface area contributed by atoms with Crippen molar-refractivity contribution in [3.63, 3.8) is 0 Å². The Bertz CT molecular complexity index is 908. The van der Waals surface area contributed by atoms with E-state index in [-0.39, 0.29) is 0 Å². The molecule has 1 aliphatic rings. The van der Waals surface area contributed by atoms with Crippen molar-refractivity contribution in [1.29, 1.82) is 0 Å². The maximum absolute atomic E-state index is 5.87. The quantitative estimate of drug-likeness (QED) is 0.734. The molecule has 0 amide bonds. The van der Waals surface area contributed by atoms with Crippen LogP contribution in [-0.4, -0.2) is 47.3 Å². The number of imidazole rings is 1. The molecule has 2 heterocycles. The van der Waals surface area contributed by atoms with Crippen molar-refractivity contribution in [3.05, 3.63) is 47.5 Å². The van der Waals surface area contributed by atoms with Crippen molar-refractivity contribution in [1.82, 2.24) is 14.5 Å². The molecular weight excluding hydrogens is 324 g/mol. The molecule has 5 nitrogen and oxygen atoms in total. The van der Waals surface area contributed by atoms with Gasteiger partial charge in [-0.2, -0.15) is 0 Å². The Morgan fingerprint density at radius 3 is 2.42 bits per heavy atom. The highest BCUT2D eigenvalue weighted by Crippen LogP contribution is 2.27. The van der Waals surface area contributed by atoms with Crippen LogP contribution < -0.4 is 5.73 Å². The Kier molecular flexibility index (Phi) is 4.66. The molecule has 2 aromatic carbocycles. The van der Waals surface area contributed by atoms with E-state index in [0.29, 0.717) is 0 Å². The number of benzene rings is 2. The van der Waals surface area contributed by atoms with Crippen LogP contribution in [0.3, 0.4) is 0 Å². The summed E-state index contributed by atoms with van der Waals surface area (Å²) >= 11 is 0. The van der Waals surface area contributed by atoms with Gasteiger partial charge in [-0.15, -0.1) is 0 Å². The van der Waals surface area contributed by atoms with Crippen molar-refractivity contribution >= 4 is 16.7 Å². The van der Waals surface area contributed by atoms with Crippen molar-refractivity contribution < 1.29 is 4.74 Å². The molecule has 2 N–H and O–H groups in total. The fourth-order valence-corrected chi connectivity index (χ4v) is 3.53. The topological polar surface area (TPSA) is 56.3 Å². The Morgan fingerprint density at radius 2 is 1.69 bits per heavy atom. The molecule has 0 spiro atoms. The summed E-state index contributed by atoms with van der Waals surface area (Å²) in [7, 11) is 0. The van der Waals surface area contributed by atoms with Crippen LogP contribution in [0.25, 0.3) is 22.4 Å². The summed E-state index contributed by atoms with van der Waals surface area (Å²) in [6, 6.07) is 12.5. The first-order valence-electron chi connectivity index (χ1n) is 9.25. The third-order valence-corrected chi connectivity index (χ3v) is 5.28. The van der Waals surface area contributed by atoms with Gasteiger partial charge in [-0.1, -0.05) is 0 Å². The van der Waals surface area contributed by atoms with E-state index in [1.165, 1.54) is 16.6 Å². The van der Waals surface area contributed by atoms with Crippen molar-refractivity contribution in [3.8, 4) is 11.4 Å². The van der Waals surface area contributed by atoms with Gasteiger partial charge in [-0.3, -0.25) is 4.90 Å². The number of nitrogens with two attached hydrogens (primary N) is 1. The second-order valence-electron chi connectivity index (χ2n) is 7.09. The van der Waals surface area contributed by atoms with Gasteiger partial charge in [0.15, 0.2) is 0 Å². The average Bonchev–Trinajstić information content (AvgIpc) is 2.99. The Hall–Kier alpha value is -2.37. The summed E-state index contributed by atoms with van der Waals surface area (Å²) in [6.45, 7) is 9.88. The number of anilines is 1. The fourth-order valence-electron chi connectivity index (χ4n) is 3.53. The maximum atomic E-state index is 5.87. The van der Waals surface area contributed by atoms with Gasteiger partial charge in [-0.25, -0.2) is 4.98 Å². The molecule has 0 saturated carbocycles. The number of rotatable bonds is 4. The minimum Gasteiger partial charge on any atom is -0.399 e. The molecular formula is C21H26N4O. The minimum absolute atomic E-state index is 0.774. The molecule has 0 radical (unpaired) electrons. The number of hydrogen-bond donors (Lipinski definition) is 1. The van der Waals surface area contributed by atoms with E-state index >= 15 is 0 Å². The van der Waals surface area contributed by atoms with E-state index in [2.05, 4.69) is 47.6 Å². The molecule has 0 atom stereocenters. The van der Waals surface area contributed by atoms with Gasteiger partial charge >= 0.3 is 0 Å². The predicted molar refractivity (Wildman–Crippen MR) is 106 cm³/mol. The van der Waals surface area contributed by atoms with Gasteiger partial charge in [0.25, 0.3) is 0 Å². The van der Waals surface area contributed by atoms with Crippen LogP contribution in [0.1, 0.15) is 11.1 Å². The predicted octanol–water partition coefficient (Wildman–Crippen LogP) is 3.23. The van der Waals surface area contributed by atoms with Gasteiger partial charge < -0.3 is 15.0 Å². The van der Waals surface area contributed by atoms with Gasteiger partial charge in [-0.05, 0) is 61.4 Å². The number of fused-ring (bicyclic) bond motifs is 1. The molecule has 1 aromatic heterocycles. The van der Waals surface area contributed by atoms with Crippen LogP contribution in [0.5, 0.6) is 0 Å². The third-order valence-electron chi connectivity index (χ3n) is 5.28. The van der Waals surface area contributed by atoms with Crippen LogP contribution in [0.4, 0.5) is 5.69 Å². The first-order valence-corrected chi connectivity index (χ1v) is 9.25. The second kappa shape index (κ2) is 7.09. The monoisotopic (exact) mass is 350 g/mol. The van der Waals surface area contributed by atoms with Crippen LogP contribution in [-0.2, 0) is 11.3 Å². The highest BCUT2D eigenvalue weighted by Gasteiger charge is 2.16. The lowest BCUT2D eigenvalue weighted by Gasteiger charge is -2.27. The summed E-state index contributed by atoms with van der Waals surface area (Å²) < 4.78 is 7.82. The van der Waals surface area contributed by atoms with Crippen molar-refractivity contribution in [2.75, 3.05) is 38.6 Å². The number of aromatic nitrogens is 2. The number of nitrogen functional groups attached to an aromatic ring is 1. The van der Waals surface area contributed by atoms with Crippen LogP contribution >= 0.6 is 0 Å². The van der Waals surface area contributed by atoms with E-state index < -0.39 is 0 Å². The lowest BCUT2D eigenvalue weighted by atomic mass is 10.1. The molecule has 136 valence electrons. The third kappa shape index (κ3) is 3.32. The van der Waals surface area contributed by atoms with Gasteiger partial charge in [0, 0.05) is 37.4 Å². The molecule has 0 unspecified atom stereocenters. The summed E-state index contributed by atoms with van der Waals surface area (Å²) in [4.78, 5) is 7.42. The highest BCUT2D eigenvalue weighted by molar-refractivity contribution is 5.82. The smallest absolute Gasteiger partial charge is 0.141 e. The Morgan fingerprint density at radius 1 is 1.00 bits per heavy atom. The summed E-state index contributed by atoms with van der Waals surface area (Å²) in [5.41, 5.74) is 12.6. The molecule has 26 heavy (non-hydrogen) atoms. The van der Waals surface area contributed by atoms with Crippen LogP contribution in [0.15, 0.2) is 36.4 Å². The fraction of sp³-hybridized carbons (Fsp3) is 0.381. The minimum atomic E-state index is 0.774. The van der Waals surface area contributed by atoms with Gasteiger partial charge in [0.05, 0.1) is 24.2 Å². The molecule has 0 aliphatic carbocycles. The van der Waals surface area contributed by atoms with E-state index in [4.69, 9.17) is 15.5 Å². The zero-order chi connectivity index (χ0) is 18.1. The van der Waals surface area contributed by atoms with E-state index in [0.717, 1.165) is 62.0 Å². The number of ether oxygens (including phenoxy) is 1. The molecule has 3 aromatic rings. The molecule has 1 fully saturated rings. The number of aryl methyl sites for hydroxylation is 2. The SMILES string of the molecule is Cc1cc2nc(-c3ccc(N)cc3)n(CCN3CCOCC3)c2cc1C. The average molecular weight is 350 g/mol. The summed E-state index contributed by atoms with van der Waals surface area (Å²) in [5.74, 6) is 1.01. The zero-order valence-corrected chi connectivity index (χ0v) is 15.5. The molecule has 4 rings (SSSR count). The van der Waals surface area contributed by atoms with E-state index in [9.17, 15) is 0 Å². The van der Waals surface area contributed by atoms with Gasteiger partial charge in [0.1, 0.15) is 5.82 Å². The summed E-state index contributed by atoms with van der Waals surface area (Å²) in [5, 5.41) is 0. The molecule has 1 aliphatic heterocycles. The van der Waals surface area contributed by atoms with E-state index in [1.807, 2.05) is 12.1 Å². The largest absolute Gasteiger partial charge is 0.399 e. The first-order chi connectivity index (χ1) is 12.6. The highest BCUT2D eigenvalue weighted by atomic mass is 16.5. The van der Waals surface area contributed by atoms with Gasteiger partial charge in [0.2, 0.25) is 0 Å². The molecule has 1 saturated heterocycles. The lowest BCUT2D eigenvalue weighted by Crippen LogP contribution is -2.38.